The van der Waals surface area contributed by atoms with Gasteiger partial charge < -0.3 is 4.74 Å². The summed E-state index contributed by atoms with van der Waals surface area (Å²) in [7, 11) is -3.00. The van der Waals surface area contributed by atoms with Gasteiger partial charge in [0.2, 0.25) is 15.9 Å². The van der Waals surface area contributed by atoms with E-state index in [1.54, 1.807) is 22.6 Å². The number of methoxy groups -OCH3 is 1. The Kier molecular flexibility index (Phi) is 4.02. The first-order chi connectivity index (χ1) is 7.27. The highest BCUT2D eigenvalue weighted by atomic mass is 127. The van der Waals surface area contributed by atoms with E-state index in [2.05, 4.69) is 9.72 Å². The van der Waals surface area contributed by atoms with Gasteiger partial charge >= 0.3 is 0 Å². The molecule has 1 aromatic rings. The van der Waals surface area contributed by atoms with Crippen molar-refractivity contribution in [3.63, 3.8) is 0 Å². The maximum atomic E-state index is 12.6. The molecule has 0 unspecified atom stereocenters. The molecule has 0 saturated heterocycles. The molecule has 1 heterocycles. The Morgan fingerprint density at radius 3 is 2.50 bits per heavy atom. The summed E-state index contributed by atoms with van der Waals surface area (Å²) in [6.07, 6.45) is -3.04. The van der Waals surface area contributed by atoms with E-state index in [-0.39, 0.29) is 9.45 Å². The average Bonchev–Trinajstić information content (AvgIpc) is 2.14. The quantitative estimate of drug-likeness (QED) is 0.820. The van der Waals surface area contributed by atoms with Crippen LogP contribution in [0.1, 0.15) is 12.1 Å². The Morgan fingerprint density at radius 1 is 1.56 bits per heavy atom. The van der Waals surface area contributed by atoms with Crippen LogP contribution in [0, 0.1) is 3.57 Å². The molecule has 0 aliphatic rings. The van der Waals surface area contributed by atoms with E-state index in [0.717, 1.165) is 0 Å². The molecule has 0 bridgehead atoms. The maximum Gasteiger partial charge on any atom is 0.281 e. The average molecular weight is 364 g/mol. The summed E-state index contributed by atoms with van der Waals surface area (Å²) in [5.41, 5.74) is -0.897. The van der Waals surface area contributed by atoms with Gasteiger partial charge in [0.25, 0.3) is 6.43 Å². The van der Waals surface area contributed by atoms with E-state index in [4.69, 9.17) is 5.14 Å². The highest BCUT2D eigenvalue weighted by Crippen LogP contribution is 2.30. The molecule has 0 aliphatic heterocycles. The monoisotopic (exact) mass is 364 g/mol. The Labute approximate surface area is 104 Å². The van der Waals surface area contributed by atoms with Crippen LogP contribution in [0.5, 0.6) is 5.88 Å². The zero-order valence-electron chi connectivity index (χ0n) is 7.95. The van der Waals surface area contributed by atoms with Crippen LogP contribution in [0.4, 0.5) is 8.78 Å². The molecule has 1 rings (SSSR count). The number of halogens is 3. The lowest BCUT2D eigenvalue weighted by Gasteiger charge is -2.10. The van der Waals surface area contributed by atoms with Gasteiger partial charge in [-0.25, -0.2) is 27.3 Å². The Hall–Kier alpha value is -0.550. The number of alkyl halides is 2. The lowest BCUT2D eigenvalue weighted by atomic mass is 10.3. The van der Waals surface area contributed by atoms with Crippen LogP contribution >= 0.6 is 22.6 Å². The van der Waals surface area contributed by atoms with Crippen LogP contribution < -0.4 is 9.88 Å². The van der Waals surface area contributed by atoms with E-state index in [0.29, 0.717) is 0 Å². The molecular formula is C7H7F2IN2O3S. The number of nitrogens with two attached hydrogens (primary N) is 1. The number of pyridine rings is 1. The van der Waals surface area contributed by atoms with Gasteiger partial charge in [0.05, 0.1) is 7.11 Å². The van der Waals surface area contributed by atoms with Crippen molar-refractivity contribution in [3.05, 3.63) is 15.3 Å². The fourth-order valence-corrected chi connectivity index (χ4v) is 3.25. The molecule has 2 N–H and O–H groups in total. The maximum absolute atomic E-state index is 12.6. The van der Waals surface area contributed by atoms with Crippen molar-refractivity contribution in [2.45, 2.75) is 11.3 Å². The van der Waals surface area contributed by atoms with E-state index in [1.165, 1.54) is 13.2 Å². The summed E-state index contributed by atoms with van der Waals surface area (Å²) in [5, 5.41) is 4.84. The lowest BCUT2D eigenvalue weighted by molar-refractivity contribution is 0.141. The van der Waals surface area contributed by atoms with Gasteiger partial charge in [-0.05, 0) is 22.6 Å². The Morgan fingerprint density at radius 2 is 2.12 bits per heavy atom. The van der Waals surface area contributed by atoms with E-state index >= 15 is 0 Å². The molecule has 1 aromatic heterocycles. The summed E-state index contributed by atoms with van der Waals surface area (Å²) < 4.78 is 52.2. The minimum Gasteiger partial charge on any atom is -0.481 e. The molecule has 0 spiro atoms. The molecule has 0 aromatic carbocycles. The van der Waals surface area contributed by atoms with Crippen LogP contribution in [0.15, 0.2) is 11.0 Å². The predicted molar refractivity (Wildman–Crippen MR) is 59.8 cm³/mol. The van der Waals surface area contributed by atoms with Crippen molar-refractivity contribution in [2.75, 3.05) is 7.11 Å². The van der Waals surface area contributed by atoms with Crippen LogP contribution in [0.3, 0.4) is 0 Å². The molecule has 0 radical (unpaired) electrons. The molecule has 0 amide bonds. The second-order valence-electron chi connectivity index (χ2n) is 2.71. The molecule has 0 saturated carbocycles. The van der Waals surface area contributed by atoms with Gasteiger partial charge in [-0.3, -0.25) is 0 Å². The molecule has 5 nitrogen and oxygen atoms in total. The minimum absolute atomic E-state index is 0.0438. The first-order valence-corrected chi connectivity index (χ1v) is 6.45. The van der Waals surface area contributed by atoms with Crippen molar-refractivity contribution in [1.82, 2.24) is 4.98 Å². The number of sulfonamides is 1. The third-order valence-electron chi connectivity index (χ3n) is 1.63. The number of aromatic nitrogens is 1. The number of hydrogen-bond acceptors (Lipinski definition) is 4. The van der Waals surface area contributed by atoms with Gasteiger partial charge in [0, 0.05) is 9.64 Å². The van der Waals surface area contributed by atoms with Crippen molar-refractivity contribution in [2.24, 2.45) is 5.14 Å². The number of rotatable bonds is 3. The fraction of sp³-hybridized carbons (Fsp3) is 0.286. The van der Waals surface area contributed by atoms with Gasteiger partial charge in [-0.15, -0.1) is 0 Å². The van der Waals surface area contributed by atoms with Crippen molar-refractivity contribution < 1.29 is 21.9 Å². The van der Waals surface area contributed by atoms with E-state index in [9.17, 15) is 17.2 Å². The summed E-state index contributed by atoms with van der Waals surface area (Å²) >= 11 is 1.58. The summed E-state index contributed by atoms with van der Waals surface area (Å²) in [6.45, 7) is 0. The zero-order valence-corrected chi connectivity index (χ0v) is 10.9. The summed E-state index contributed by atoms with van der Waals surface area (Å²) in [4.78, 5) is 2.72. The number of ether oxygens (including phenoxy) is 1. The lowest BCUT2D eigenvalue weighted by Crippen LogP contribution is -2.18. The van der Waals surface area contributed by atoms with Gasteiger partial charge in [0.1, 0.15) is 10.6 Å². The van der Waals surface area contributed by atoms with Crippen molar-refractivity contribution in [1.29, 1.82) is 0 Å². The SMILES string of the molecule is COc1cc(I)c(S(N)(=O)=O)c(C(F)F)n1. The summed E-state index contributed by atoms with van der Waals surface area (Å²) in [5.74, 6) is -0.0906. The molecule has 90 valence electrons. The third kappa shape index (κ3) is 2.77. The fourth-order valence-electron chi connectivity index (χ4n) is 1.03. The third-order valence-corrected chi connectivity index (χ3v) is 3.85. The topological polar surface area (TPSA) is 82.3 Å². The molecule has 0 aliphatic carbocycles. The molecule has 0 atom stereocenters. The largest absolute Gasteiger partial charge is 0.481 e. The number of hydrogen-bond donors (Lipinski definition) is 1. The van der Waals surface area contributed by atoms with Gasteiger partial charge in [-0.2, -0.15) is 0 Å². The summed E-state index contributed by atoms with van der Waals surface area (Å²) in [6, 6.07) is 1.21. The van der Waals surface area contributed by atoms with Crippen LogP contribution in [-0.2, 0) is 10.0 Å². The van der Waals surface area contributed by atoms with Gasteiger partial charge in [-0.1, -0.05) is 0 Å². The smallest absolute Gasteiger partial charge is 0.281 e. The molecule has 0 fully saturated rings. The minimum atomic E-state index is -4.24. The normalized spacial score (nSPS) is 11.9. The first-order valence-electron chi connectivity index (χ1n) is 3.82. The van der Waals surface area contributed by atoms with E-state index in [1.807, 2.05) is 0 Å². The van der Waals surface area contributed by atoms with Gasteiger partial charge in [0.15, 0.2) is 0 Å². The van der Waals surface area contributed by atoms with E-state index < -0.39 is 27.0 Å². The highest BCUT2D eigenvalue weighted by molar-refractivity contribution is 14.1. The molecule has 16 heavy (non-hydrogen) atoms. The highest BCUT2D eigenvalue weighted by Gasteiger charge is 2.26. The van der Waals surface area contributed by atoms with Crippen LogP contribution in [0.2, 0.25) is 0 Å². The zero-order chi connectivity index (χ0) is 12.5. The second kappa shape index (κ2) is 4.75. The van der Waals surface area contributed by atoms with Crippen molar-refractivity contribution >= 4 is 32.6 Å². The second-order valence-corrected chi connectivity index (χ2v) is 5.37. The first kappa shape index (κ1) is 13.5. The number of primary sulfonamides is 1. The van der Waals surface area contributed by atoms with Crippen molar-refractivity contribution in [3.8, 4) is 5.88 Å². The van der Waals surface area contributed by atoms with Crippen LogP contribution in [-0.4, -0.2) is 20.5 Å². The standard InChI is InChI=1S/C7H7F2IN2O3S/c1-15-4-2-3(10)6(16(11,13)14)5(12-4)7(8)9/h2,7H,1H3,(H2,11,13,14). The molecule has 9 heteroatoms. The number of nitrogens with zero attached hydrogens (tertiary/aromatic N) is 1. The van der Waals surface area contributed by atoms with Crippen LogP contribution in [0.25, 0.3) is 0 Å². The predicted octanol–water partition coefficient (Wildman–Crippen LogP) is 1.28. The Bertz CT molecular complexity index is 507. The molecular weight excluding hydrogens is 357 g/mol. The Balaban J connectivity index is 3.59.